The summed E-state index contributed by atoms with van der Waals surface area (Å²) in [4.78, 5) is 8.24. The van der Waals surface area contributed by atoms with Gasteiger partial charge in [0.1, 0.15) is 10.9 Å². The molecule has 0 bridgehead atoms. The molecule has 0 saturated heterocycles. The van der Waals surface area contributed by atoms with Crippen molar-refractivity contribution in [3.05, 3.63) is 29.8 Å². The lowest BCUT2D eigenvalue weighted by Gasteiger charge is -2.04. The number of hydrogen-bond donors (Lipinski definition) is 0. The minimum absolute atomic E-state index is 0.476. The molecule has 0 radical (unpaired) electrons. The summed E-state index contributed by atoms with van der Waals surface area (Å²) in [6, 6.07) is 0. The standard InChI is InChI=1S/C9H9BrN4O/c1-2-3-4-15-9-8-11-6-12-14(8)5-7(10)13-9/h2,5-6H,1,3-4H2. The van der Waals surface area contributed by atoms with E-state index in [1.807, 2.05) is 0 Å². The molecule has 15 heavy (non-hydrogen) atoms. The molecule has 0 atom stereocenters. The van der Waals surface area contributed by atoms with Gasteiger partial charge in [0.05, 0.1) is 12.8 Å². The number of aromatic nitrogens is 4. The third kappa shape index (κ3) is 2.15. The van der Waals surface area contributed by atoms with Gasteiger partial charge in [-0.1, -0.05) is 6.08 Å². The van der Waals surface area contributed by atoms with Crippen LogP contribution in [0.1, 0.15) is 6.42 Å². The highest BCUT2D eigenvalue weighted by Crippen LogP contribution is 2.17. The summed E-state index contributed by atoms with van der Waals surface area (Å²) >= 11 is 3.28. The Morgan fingerprint density at radius 1 is 1.60 bits per heavy atom. The van der Waals surface area contributed by atoms with Crippen molar-refractivity contribution in [1.29, 1.82) is 0 Å². The molecule has 0 spiro atoms. The lowest BCUT2D eigenvalue weighted by molar-refractivity contribution is 0.313. The fraction of sp³-hybridized carbons (Fsp3) is 0.222. The zero-order valence-electron chi connectivity index (χ0n) is 7.93. The van der Waals surface area contributed by atoms with Crippen molar-refractivity contribution in [2.24, 2.45) is 0 Å². The van der Waals surface area contributed by atoms with Gasteiger partial charge in [0.25, 0.3) is 5.88 Å². The number of hydrogen-bond acceptors (Lipinski definition) is 4. The molecule has 0 amide bonds. The fourth-order valence-electron chi connectivity index (χ4n) is 1.11. The van der Waals surface area contributed by atoms with E-state index in [9.17, 15) is 0 Å². The van der Waals surface area contributed by atoms with Gasteiger partial charge >= 0.3 is 0 Å². The minimum atomic E-state index is 0.476. The van der Waals surface area contributed by atoms with Gasteiger partial charge in [-0.15, -0.1) is 6.58 Å². The Morgan fingerprint density at radius 2 is 2.47 bits per heavy atom. The first kappa shape index (κ1) is 10.1. The van der Waals surface area contributed by atoms with Gasteiger partial charge in [-0.05, 0) is 22.4 Å². The predicted octanol–water partition coefficient (Wildman–Crippen LogP) is 1.84. The second-order valence-corrected chi connectivity index (χ2v) is 3.64. The van der Waals surface area contributed by atoms with Gasteiger partial charge in [-0.25, -0.2) is 14.5 Å². The third-order valence-electron chi connectivity index (χ3n) is 1.76. The van der Waals surface area contributed by atoms with Gasteiger partial charge in [-0.3, -0.25) is 0 Å². The van der Waals surface area contributed by atoms with E-state index in [2.05, 4.69) is 37.6 Å². The zero-order chi connectivity index (χ0) is 10.7. The molecular weight excluding hydrogens is 260 g/mol. The number of fused-ring (bicyclic) bond motifs is 1. The third-order valence-corrected chi connectivity index (χ3v) is 2.14. The van der Waals surface area contributed by atoms with Crippen molar-refractivity contribution in [3.8, 4) is 5.88 Å². The van der Waals surface area contributed by atoms with Gasteiger partial charge < -0.3 is 4.74 Å². The van der Waals surface area contributed by atoms with Crippen LogP contribution in [-0.2, 0) is 0 Å². The minimum Gasteiger partial charge on any atom is -0.475 e. The Hall–Kier alpha value is -1.43. The smallest absolute Gasteiger partial charge is 0.261 e. The molecule has 0 aliphatic heterocycles. The SMILES string of the molecule is C=CCCOc1nc(Br)cn2ncnc12. The summed E-state index contributed by atoms with van der Waals surface area (Å²) in [6.07, 6.45) is 5.75. The average molecular weight is 269 g/mol. The Morgan fingerprint density at radius 3 is 3.27 bits per heavy atom. The van der Waals surface area contributed by atoms with E-state index in [1.165, 1.54) is 6.33 Å². The van der Waals surface area contributed by atoms with Crippen LogP contribution < -0.4 is 4.74 Å². The summed E-state index contributed by atoms with van der Waals surface area (Å²) in [7, 11) is 0. The van der Waals surface area contributed by atoms with Gasteiger partial charge in [0, 0.05) is 0 Å². The van der Waals surface area contributed by atoms with Crippen LogP contribution in [-0.4, -0.2) is 26.2 Å². The lowest BCUT2D eigenvalue weighted by Crippen LogP contribution is -2.01. The first-order chi connectivity index (χ1) is 7.31. The van der Waals surface area contributed by atoms with Crippen LogP contribution in [0, 0.1) is 0 Å². The lowest BCUT2D eigenvalue weighted by atomic mass is 10.4. The van der Waals surface area contributed by atoms with E-state index < -0.39 is 0 Å². The van der Waals surface area contributed by atoms with E-state index in [0.717, 1.165) is 6.42 Å². The largest absolute Gasteiger partial charge is 0.475 e. The maximum absolute atomic E-state index is 5.46. The molecule has 5 nitrogen and oxygen atoms in total. The van der Waals surface area contributed by atoms with Gasteiger partial charge in [0.15, 0.2) is 0 Å². The molecule has 2 aromatic heterocycles. The molecule has 0 fully saturated rings. The van der Waals surface area contributed by atoms with Crippen molar-refractivity contribution in [3.63, 3.8) is 0 Å². The van der Waals surface area contributed by atoms with E-state index in [-0.39, 0.29) is 0 Å². The van der Waals surface area contributed by atoms with E-state index in [1.54, 1.807) is 16.8 Å². The quantitative estimate of drug-likeness (QED) is 0.627. The maximum atomic E-state index is 5.46. The molecule has 2 aromatic rings. The highest BCUT2D eigenvalue weighted by Gasteiger charge is 2.07. The molecular formula is C9H9BrN4O. The number of nitrogens with zero attached hydrogens (tertiary/aromatic N) is 4. The van der Waals surface area contributed by atoms with Crippen LogP contribution in [0.25, 0.3) is 5.65 Å². The van der Waals surface area contributed by atoms with Crippen LogP contribution in [0.2, 0.25) is 0 Å². The van der Waals surface area contributed by atoms with Gasteiger partial charge in [-0.2, -0.15) is 5.10 Å². The Labute approximate surface area is 94.9 Å². The summed E-state index contributed by atoms with van der Waals surface area (Å²) in [5.41, 5.74) is 0.613. The van der Waals surface area contributed by atoms with Crippen LogP contribution in [0.15, 0.2) is 29.8 Å². The summed E-state index contributed by atoms with van der Waals surface area (Å²) < 4.78 is 7.74. The van der Waals surface area contributed by atoms with Gasteiger partial charge in [0.2, 0.25) is 5.65 Å². The molecule has 0 saturated carbocycles. The van der Waals surface area contributed by atoms with Crippen molar-refractivity contribution >= 4 is 21.6 Å². The second kappa shape index (κ2) is 4.39. The topological polar surface area (TPSA) is 52.3 Å². The molecule has 0 aromatic carbocycles. The molecule has 0 aliphatic rings. The van der Waals surface area contributed by atoms with Crippen molar-refractivity contribution in [2.75, 3.05) is 6.61 Å². The maximum Gasteiger partial charge on any atom is 0.261 e. The summed E-state index contributed by atoms with van der Waals surface area (Å²) in [5.74, 6) is 0.476. The molecule has 2 heterocycles. The van der Waals surface area contributed by atoms with Crippen LogP contribution in [0.5, 0.6) is 5.88 Å². The van der Waals surface area contributed by atoms with E-state index in [4.69, 9.17) is 4.74 Å². The Kier molecular flexibility index (Phi) is 2.96. The molecule has 2 rings (SSSR count). The Balaban J connectivity index is 2.31. The number of rotatable bonds is 4. The number of halogens is 1. The van der Waals surface area contributed by atoms with Crippen LogP contribution in [0.4, 0.5) is 0 Å². The van der Waals surface area contributed by atoms with E-state index >= 15 is 0 Å². The molecule has 6 heteroatoms. The highest BCUT2D eigenvalue weighted by molar-refractivity contribution is 9.10. The molecule has 0 unspecified atom stereocenters. The zero-order valence-corrected chi connectivity index (χ0v) is 9.51. The van der Waals surface area contributed by atoms with Crippen molar-refractivity contribution in [1.82, 2.24) is 19.6 Å². The summed E-state index contributed by atoms with van der Waals surface area (Å²) in [5, 5.41) is 4.00. The van der Waals surface area contributed by atoms with Crippen molar-refractivity contribution < 1.29 is 4.74 Å². The second-order valence-electron chi connectivity index (χ2n) is 2.82. The first-order valence-electron chi connectivity index (χ1n) is 4.41. The first-order valence-corrected chi connectivity index (χ1v) is 5.20. The Bertz CT molecular complexity index is 482. The normalized spacial score (nSPS) is 10.5. The van der Waals surface area contributed by atoms with Crippen LogP contribution >= 0.6 is 15.9 Å². The monoisotopic (exact) mass is 268 g/mol. The predicted molar refractivity (Wildman–Crippen MR) is 58.8 cm³/mol. The molecule has 78 valence electrons. The van der Waals surface area contributed by atoms with E-state index in [0.29, 0.717) is 22.7 Å². The van der Waals surface area contributed by atoms with Crippen molar-refractivity contribution in [2.45, 2.75) is 6.42 Å². The summed E-state index contributed by atoms with van der Waals surface area (Å²) in [6.45, 7) is 4.16. The highest BCUT2D eigenvalue weighted by atomic mass is 79.9. The average Bonchev–Trinajstić information content (AvgIpc) is 2.65. The fourth-order valence-corrected chi connectivity index (χ4v) is 1.47. The molecule has 0 N–H and O–H groups in total. The molecule has 0 aliphatic carbocycles. The number of ether oxygens (including phenoxy) is 1. The van der Waals surface area contributed by atoms with Crippen LogP contribution in [0.3, 0.4) is 0 Å².